The average Bonchev–Trinajstić information content (AvgIpc) is 3.18. The third-order valence-corrected chi connectivity index (χ3v) is 7.22. The van der Waals surface area contributed by atoms with Crippen LogP contribution in [-0.2, 0) is 22.3 Å². The normalized spacial score (nSPS) is 14.1. The molecule has 4 N–H and O–H groups in total. The third-order valence-electron chi connectivity index (χ3n) is 6.07. The maximum atomic E-state index is 13.8. The van der Waals surface area contributed by atoms with Crippen LogP contribution in [-0.4, -0.2) is 49.3 Å². The highest BCUT2D eigenvalue weighted by Crippen LogP contribution is 2.43. The molecule has 0 fully saturated rings. The largest absolute Gasteiger partial charge is 0.481 e. The summed E-state index contributed by atoms with van der Waals surface area (Å²) < 4.78 is 45.7. The lowest BCUT2D eigenvalue weighted by Gasteiger charge is -2.20. The fourth-order valence-electron chi connectivity index (χ4n) is 4.50. The smallest absolute Gasteiger partial charge is 0.305 e. The molecular formula is C27H32F2N2O5S. The molecule has 0 bridgehead atoms. The number of benzene rings is 2. The number of carboxylic acids is 1. The monoisotopic (exact) mass is 534 g/mol. The van der Waals surface area contributed by atoms with Crippen molar-refractivity contribution in [3.63, 3.8) is 0 Å². The molecule has 0 amide bonds. The molecule has 3 atom stereocenters. The molecule has 0 aliphatic heterocycles. The molecule has 200 valence electrons. The van der Waals surface area contributed by atoms with Gasteiger partial charge in [0.2, 0.25) is 0 Å². The van der Waals surface area contributed by atoms with E-state index in [-0.39, 0.29) is 25.3 Å². The van der Waals surface area contributed by atoms with Crippen LogP contribution < -0.4 is 4.72 Å². The molecule has 37 heavy (non-hydrogen) atoms. The first-order chi connectivity index (χ1) is 17.5. The second kappa shape index (κ2) is 12.6. The lowest BCUT2D eigenvalue weighted by atomic mass is 10.00. The number of hydrogen-bond acceptors (Lipinski definition) is 4. The van der Waals surface area contributed by atoms with E-state index in [0.29, 0.717) is 27.3 Å². The van der Waals surface area contributed by atoms with Crippen LogP contribution in [0, 0.1) is 11.6 Å². The van der Waals surface area contributed by atoms with Gasteiger partial charge < -0.3 is 19.9 Å². The molecule has 3 aromatic rings. The van der Waals surface area contributed by atoms with Crippen molar-refractivity contribution in [1.82, 2.24) is 9.29 Å². The van der Waals surface area contributed by atoms with Gasteiger partial charge >= 0.3 is 5.97 Å². The van der Waals surface area contributed by atoms with E-state index in [2.05, 4.69) is 4.72 Å². The predicted molar refractivity (Wildman–Crippen MR) is 138 cm³/mol. The van der Waals surface area contributed by atoms with Gasteiger partial charge in [-0.15, -0.1) is 0 Å². The molecule has 0 aliphatic rings. The number of halogens is 2. The SMILES string of the molecule is CNS(=O)c1c(-c2ccc(F)cc2)c(-c2ccc(F)cc2)n(CCC(O)CC(O)CC(=O)O)c1C(C)C. The van der Waals surface area contributed by atoms with Gasteiger partial charge in [-0.3, -0.25) is 4.79 Å². The minimum Gasteiger partial charge on any atom is -0.481 e. The summed E-state index contributed by atoms with van der Waals surface area (Å²) in [6.07, 6.45) is -2.60. The van der Waals surface area contributed by atoms with Crippen LogP contribution >= 0.6 is 0 Å². The van der Waals surface area contributed by atoms with E-state index in [9.17, 15) is 28.0 Å². The molecule has 0 spiro atoms. The quantitative estimate of drug-likeness (QED) is 0.275. The van der Waals surface area contributed by atoms with Crippen LogP contribution in [0.2, 0.25) is 0 Å². The average molecular weight is 535 g/mol. The van der Waals surface area contributed by atoms with Crippen molar-refractivity contribution in [3.8, 4) is 22.4 Å². The summed E-state index contributed by atoms with van der Waals surface area (Å²) >= 11 is 0. The number of nitrogens with zero attached hydrogens (tertiary/aromatic N) is 1. The molecule has 1 aromatic heterocycles. The van der Waals surface area contributed by atoms with E-state index in [1.54, 1.807) is 31.3 Å². The highest BCUT2D eigenvalue weighted by molar-refractivity contribution is 7.83. The Balaban J connectivity index is 2.21. The molecule has 3 rings (SSSR count). The summed E-state index contributed by atoms with van der Waals surface area (Å²) in [6, 6.07) is 11.7. The van der Waals surface area contributed by atoms with E-state index in [1.807, 2.05) is 18.4 Å². The van der Waals surface area contributed by atoms with Gasteiger partial charge in [-0.1, -0.05) is 26.0 Å². The lowest BCUT2D eigenvalue weighted by Crippen LogP contribution is -2.22. The first-order valence-corrected chi connectivity index (χ1v) is 13.1. The van der Waals surface area contributed by atoms with Crippen molar-refractivity contribution in [2.24, 2.45) is 0 Å². The Kier molecular flexibility index (Phi) is 9.72. The van der Waals surface area contributed by atoms with Crippen molar-refractivity contribution in [2.75, 3.05) is 7.05 Å². The Morgan fingerprint density at radius 3 is 2.00 bits per heavy atom. The van der Waals surface area contributed by atoms with E-state index < -0.39 is 47.2 Å². The summed E-state index contributed by atoms with van der Waals surface area (Å²) in [6.45, 7) is 4.13. The topological polar surface area (TPSA) is 112 Å². The standard InChI is InChI=1S/C27H32F2N2O5S/c1-16(2)25-27(37(36)30-3)24(17-4-8-19(28)9-5-17)26(18-6-10-20(29)11-7-18)31(25)13-12-21(32)14-22(33)15-23(34)35/h4-11,16,21-22,30,32-33H,12-15H2,1-3H3,(H,34,35). The molecule has 10 heteroatoms. The Morgan fingerprint density at radius 2 is 1.51 bits per heavy atom. The molecule has 0 radical (unpaired) electrons. The minimum absolute atomic E-state index is 0.114. The molecule has 0 saturated heterocycles. The molecule has 3 unspecified atom stereocenters. The molecule has 2 aromatic carbocycles. The fourth-order valence-corrected chi connectivity index (χ4v) is 5.64. The number of hydrogen-bond donors (Lipinski definition) is 4. The number of carbonyl (C=O) groups is 1. The Labute approximate surface area is 217 Å². The van der Waals surface area contributed by atoms with Gasteiger partial charge in [0, 0.05) is 17.8 Å². The number of aliphatic hydroxyl groups excluding tert-OH is 2. The lowest BCUT2D eigenvalue weighted by molar-refractivity contribution is -0.139. The second-order valence-corrected chi connectivity index (χ2v) is 10.5. The number of rotatable bonds is 12. The van der Waals surface area contributed by atoms with Gasteiger partial charge in [0.05, 0.1) is 29.2 Å². The zero-order valence-corrected chi connectivity index (χ0v) is 21.8. The van der Waals surface area contributed by atoms with Gasteiger partial charge in [0.15, 0.2) is 0 Å². The van der Waals surface area contributed by atoms with Crippen LogP contribution in [0.4, 0.5) is 8.78 Å². The highest BCUT2D eigenvalue weighted by atomic mass is 32.2. The van der Waals surface area contributed by atoms with Crippen molar-refractivity contribution >= 4 is 17.0 Å². The van der Waals surface area contributed by atoms with Gasteiger partial charge in [-0.05, 0) is 73.3 Å². The Hall–Kier alpha value is -2.92. The van der Waals surface area contributed by atoms with E-state index in [4.69, 9.17) is 5.11 Å². The zero-order valence-electron chi connectivity index (χ0n) is 20.9. The number of nitrogens with one attached hydrogen (secondary N) is 1. The van der Waals surface area contributed by atoms with Crippen LogP contribution in [0.5, 0.6) is 0 Å². The van der Waals surface area contributed by atoms with Crippen molar-refractivity contribution in [1.29, 1.82) is 0 Å². The van der Waals surface area contributed by atoms with Crippen molar-refractivity contribution in [3.05, 3.63) is 65.9 Å². The second-order valence-electron chi connectivity index (χ2n) is 9.16. The molecule has 0 aliphatic carbocycles. The molecule has 0 saturated carbocycles. The van der Waals surface area contributed by atoms with Gasteiger partial charge in [0.25, 0.3) is 0 Å². The number of carboxylic acid groups (broad SMARTS) is 1. The predicted octanol–water partition coefficient (Wildman–Crippen LogP) is 4.44. The summed E-state index contributed by atoms with van der Waals surface area (Å²) in [5, 5.41) is 29.4. The highest BCUT2D eigenvalue weighted by Gasteiger charge is 2.30. The van der Waals surface area contributed by atoms with E-state index >= 15 is 0 Å². The third kappa shape index (κ3) is 6.89. The maximum absolute atomic E-state index is 13.8. The van der Waals surface area contributed by atoms with Crippen LogP contribution in [0.1, 0.15) is 44.7 Å². The molecular weight excluding hydrogens is 502 g/mol. The molecule has 7 nitrogen and oxygen atoms in total. The first kappa shape index (κ1) is 28.6. The Morgan fingerprint density at radius 1 is 0.973 bits per heavy atom. The summed E-state index contributed by atoms with van der Waals surface area (Å²) in [7, 11) is -0.0774. The van der Waals surface area contributed by atoms with E-state index in [0.717, 1.165) is 5.69 Å². The fraction of sp³-hybridized carbons (Fsp3) is 0.370. The van der Waals surface area contributed by atoms with Crippen molar-refractivity contribution in [2.45, 2.75) is 62.7 Å². The van der Waals surface area contributed by atoms with Crippen LogP contribution in [0.25, 0.3) is 22.4 Å². The maximum Gasteiger partial charge on any atom is 0.305 e. The first-order valence-electron chi connectivity index (χ1n) is 12.0. The van der Waals surface area contributed by atoms with Gasteiger partial charge in [-0.2, -0.15) is 0 Å². The zero-order chi connectivity index (χ0) is 27.3. The molecule has 1 heterocycles. The van der Waals surface area contributed by atoms with Gasteiger partial charge in [0.1, 0.15) is 22.6 Å². The van der Waals surface area contributed by atoms with Gasteiger partial charge in [-0.25, -0.2) is 17.7 Å². The van der Waals surface area contributed by atoms with E-state index in [1.165, 1.54) is 24.3 Å². The Bertz CT molecular complexity index is 1240. The summed E-state index contributed by atoms with van der Waals surface area (Å²) in [5.41, 5.74) is 3.22. The van der Waals surface area contributed by atoms with Crippen LogP contribution in [0.3, 0.4) is 0 Å². The summed E-state index contributed by atoms with van der Waals surface area (Å²) in [4.78, 5) is 11.4. The van der Waals surface area contributed by atoms with Crippen LogP contribution in [0.15, 0.2) is 53.4 Å². The summed E-state index contributed by atoms with van der Waals surface area (Å²) in [5.74, 6) is -2.12. The number of aromatic nitrogens is 1. The number of aliphatic carboxylic acids is 1. The van der Waals surface area contributed by atoms with Crippen molar-refractivity contribution < 1.29 is 33.1 Å². The number of aliphatic hydroxyl groups is 2. The minimum atomic E-state index is -1.64.